The summed E-state index contributed by atoms with van der Waals surface area (Å²) >= 11 is 0. The highest BCUT2D eigenvalue weighted by Crippen LogP contribution is 2.27. The first kappa shape index (κ1) is 13.1. The molecule has 1 heterocycles. The van der Waals surface area contributed by atoms with Gasteiger partial charge in [0.25, 0.3) is 0 Å². The van der Waals surface area contributed by atoms with Crippen LogP contribution >= 0.6 is 0 Å². The average Bonchev–Trinajstić information content (AvgIpc) is 2.93. The van der Waals surface area contributed by atoms with Crippen molar-refractivity contribution in [2.24, 2.45) is 0 Å². The standard InChI is InChI=1S/C15H20N4O/c20-9-8-19-11-13(17-18-19)10-16-15-7-3-5-12-4-1-2-6-14(12)15/h3,5,7,11,16,20H,1-2,4,6,8-10H2. The van der Waals surface area contributed by atoms with Crippen molar-refractivity contribution in [3.63, 3.8) is 0 Å². The van der Waals surface area contributed by atoms with E-state index in [1.54, 1.807) is 4.68 Å². The van der Waals surface area contributed by atoms with Crippen LogP contribution < -0.4 is 5.32 Å². The second-order valence-corrected chi connectivity index (χ2v) is 5.20. The van der Waals surface area contributed by atoms with Crippen LogP contribution in [0.15, 0.2) is 24.4 Å². The molecule has 1 aromatic carbocycles. The summed E-state index contributed by atoms with van der Waals surface area (Å²) in [7, 11) is 0. The Morgan fingerprint density at radius 2 is 2.15 bits per heavy atom. The topological polar surface area (TPSA) is 63.0 Å². The number of rotatable bonds is 5. The van der Waals surface area contributed by atoms with Crippen molar-refractivity contribution in [2.75, 3.05) is 11.9 Å². The summed E-state index contributed by atoms with van der Waals surface area (Å²) in [6.07, 6.45) is 6.80. The number of aryl methyl sites for hydroxylation is 1. The molecule has 0 saturated heterocycles. The first-order valence-electron chi connectivity index (χ1n) is 7.21. The summed E-state index contributed by atoms with van der Waals surface area (Å²) in [6.45, 7) is 1.25. The van der Waals surface area contributed by atoms with Crippen LogP contribution in [0.4, 0.5) is 5.69 Å². The summed E-state index contributed by atoms with van der Waals surface area (Å²) in [5.74, 6) is 0. The molecule has 0 atom stereocenters. The van der Waals surface area contributed by atoms with Crippen LogP contribution in [-0.2, 0) is 25.9 Å². The van der Waals surface area contributed by atoms with E-state index in [1.807, 2.05) is 6.20 Å². The zero-order valence-corrected chi connectivity index (χ0v) is 11.5. The van der Waals surface area contributed by atoms with E-state index in [9.17, 15) is 0 Å². The number of nitrogens with one attached hydrogen (secondary N) is 1. The molecule has 2 aromatic rings. The third kappa shape index (κ3) is 2.82. The van der Waals surface area contributed by atoms with E-state index in [1.165, 1.54) is 36.1 Å². The molecule has 5 heteroatoms. The highest BCUT2D eigenvalue weighted by molar-refractivity contribution is 5.55. The molecular weight excluding hydrogens is 252 g/mol. The van der Waals surface area contributed by atoms with Gasteiger partial charge < -0.3 is 10.4 Å². The zero-order valence-electron chi connectivity index (χ0n) is 11.5. The summed E-state index contributed by atoms with van der Waals surface area (Å²) in [5, 5.41) is 20.4. The molecule has 0 aliphatic heterocycles. The average molecular weight is 272 g/mol. The lowest BCUT2D eigenvalue weighted by atomic mass is 9.90. The number of hydrogen-bond acceptors (Lipinski definition) is 4. The summed E-state index contributed by atoms with van der Waals surface area (Å²) < 4.78 is 1.66. The van der Waals surface area contributed by atoms with Gasteiger partial charge in [-0.3, -0.25) is 0 Å². The number of nitrogens with zero attached hydrogens (tertiary/aromatic N) is 3. The predicted octanol–water partition coefficient (Wildman–Crippen LogP) is 1.76. The third-order valence-corrected chi connectivity index (χ3v) is 3.77. The fourth-order valence-electron chi connectivity index (χ4n) is 2.76. The van der Waals surface area contributed by atoms with Crippen molar-refractivity contribution in [1.82, 2.24) is 15.0 Å². The molecule has 0 spiro atoms. The van der Waals surface area contributed by atoms with Crippen molar-refractivity contribution in [3.8, 4) is 0 Å². The Bertz CT molecular complexity index is 579. The molecule has 1 aliphatic carbocycles. The molecule has 3 rings (SSSR count). The number of anilines is 1. The van der Waals surface area contributed by atoms with E-state index in [2.05, 4.69) is 33.8 Å². The van der Waals surface area contributed by atoms with Crippen LogP contribution in [0.3, 0.4) is 0 Å². The Morgan fingerprint density at radius 3 is 3.05 bits per heavy atom. The number of hydrogen-bond donors (Lipinski definition) is 2. The number of benzene rings is 1. The van der Waals surface area contributed by atoms with E-state index in [4.69, 9.17) is 5.11 Å². The molecule has 106 valence electrons. The fourth-order valence-corrected chi connectivity index (χ4v) is 2.76. The maximum Gasteiger partial charge on any atom is 0.102 e. The lowest BCUT2D eigenvalue weighted by Gasteiger charge is -2.19. The van der Waals surface area contributed by atoms with Crippen molar-refractivity contribution in [1.29, 1.82) is 0 Å². The molecule has 0 amide bonds. The molecule has 0 saturated carbocycles. The first-order chi connectivity index (χ1) is 9.86. The molecule has 0 radical (unpaired) electrons. The molecule has 1 aromatic heterocycles. The molecule has 0 fully saturated rings. The van der Waals surface area contributed by atoms with Crippen molar-refractivity contribution >= 4 is 5.69 Å². The summed E-state index contributed by atoms with van der Waals surface area (Å²) in [6, 6.07) is 6.49. The van der Waals surface area contributed by atoms with Crippen LogP contribution in [0.2, 0.25) is 0 Å². The number of aliphatic hydroxyl groups is 1. The van der Waals surface area contributed by atoms with Crippen LogP contribution in [0.25, 0.3) is 0 Å². The fraction of sp³-hybridized carbons (Fsp3) is 0.467. The molecular formula is C15H20N4O. The molecule has 2 N–H and O–H groups in total. The van der Waals surface area contributed by atoms with Crippen molar-refractivity contribution in [3.05, 3.63) is 41.2 Å². The minimum absolute atomic E-state index is 0.0857. The Labute approximate surface area is 118 Å². The molecule has 0 unspecified atom stereocenters. The van der Waals surface area contributed by atoms with Gasteiger partial charge >= 0.3 is 0 Å². The molecule has 0 bridgehead atoms. The molecule has 20 heavy (non-hydrogen) atoms. The van der Waals surface area contributed by atoms with Crippen LogP contribution in [0.5, 0.6) is 0 Å². The number of aromatic nitrogens is 3. The van der Waals surface area contributed by atoms with E-state index < -0.39 is 0 Å². The quantitative estimate of drug-likeness (QED) is 0.870. The van der Waals surface area contributed by atoms with Gasteiger partial charge in [0.2, 0.25) is 0 Å². The Kier molecular flexibility index (Phi) is 3.97. The van der Waals surface area contributed by atoms with E-state index in [0.717, 1.165) is 12.1 Å². The Hall–Kier alpha value is -1.88. The maximum absolute atomic E-state index is 8.87. The van der Waals surface area contributed by atoms with Crippen LogP contribution in [-0.4, -0.2) is 26.7 Å². The highest BCUT2D eigenvalue weighted by atomic mass is 16.3. The van der Waals surface area contributed by atoms with Crippen LogP contribution in [0.1, 0.15) is 29.7 Å². The lowest BCUT2D eigenvalue weighted by molar-refractivity contribution is 0.268. The molecule has 1 aliphatic rings. The second kappa shape index (κ2) is 6.05. The van der Waals surface area contributed by atoms with Gasteiger partial charge in [0.15, 0.2) is 0 Å². The van der Waals surface area contributed by atoms with Crippen LogP contribution in [0, 0.1) is 0 Å². The monoisotopic (exact) mass is 272 g/mol. The van der Waals surface area contributed by atoms with E-state index in [0.29, 0.717) is 13.1 Å². The van der Waals surface area contributed by atoms with E-state index >= 15 is 0 Å². The van der Waals surface area contributed by atoms with Gasteiger partial charge in [-0.2, -0.15) is 0 Å². The number of fused-ring (bicyclic) bond motifs is 1. The van der Waals surface area contributed by atoms with Gasteiger partial charge in [-0.05, 0) is 42.9 Å². The van der Waals surface area contributed by atoms with Gasteiger partial charge in [0.05, 0.1) is 25.9 Å². The summed E-state index contributed by atoms with van der Waals surface area (Å²) in [5.41, 5.74) is 5.05. The molecule has 5 nitrogen and oxygen atoms in total. The Balaban J connectivity index is 1.68. The van der Waals surface area contributed by atoms with Gasteiger partial charge in [-0.25, -0.2) is 4.68 Å². The normalized spacial score (nSPS) is 14.1. The van der Waals surface area contributed by atoms with Gasteiger partial charge in [0.1, 0.15) is 5.69 Å². The SMILES string of the molecule is OCCn1cc(CNc2cccc3c2CCCC3)nn1. The maximum atomic E-state index is 8.87. The van der Waals surface area contributed by atoms with Gasteiger partial charge in [-0.15, -0.1) is 5.10 Å². The van der Waals surface area contributed by atoms with Gasteiger partial charge in [0, 0.05) is 5.69 Å². The van der Waals surface area contributed by atoms with Crippen molar-refractivity contribution < 1.29 is 5.11 Å². The lowest BCUT2D eigenvalue weighted by Crippen LogP contribution is -2.08. The highest BCUT2D eigenvalue weighted by Gasteiger charge is 2.12. The predicted molar refractivity (Wildman–Crippen MR) is 77.5 cm³/mol. The minimum atomic E-state index is 0.0857. The minimum Gasteiger partial charge on any atom is -0.394 e. The number of aliphatic hydroxyl groups excluding tert-OH is 1. The zero-order chi connectivity index (χ0) is 13.8. The summed E-state index contributed by atoms with van der Waals surface area (Å²) in [4.78, 5) is 0. The first-order valence-corrected chi connectivity index (χ1v) is 7.21. The largest absolute Gasteiger partial charge is 0.394 e. The van der Waals surface area contributed by atoms with E-state index in [-0.39, 0.29) is 6.61 Å². The van der Waals surface area contributed by atoms with Gasteiger partial charge in [-0.1, -0.05) is 17.3 Å². The van der Waals surface area contributed by atoms with Crippen molar-refractivity contribution in [2.45, 2.75) is 38.8 Å². The Morgan fingerprint density at radius 1 is 1.25 bits per heavy atom. The third-order valence-electron chi connectivity index (χ3n) is 3.77. The smallest absolute Gasteiger partial charge is 0.102 e. The second-order valence-electron chi connectivity index (χ2n) is 5.20.